The number of fused-ring (bicyclic) bond motifs is 1. The van der Waals surface area contributed by atoms with Crippen molar-refractivity contribution in [2.45, 2.75) is 13.8 Å². The summed E-state index contributed by atoms with van der Waals surface area (Å²) in [6.45, 7) is 4.47. The summed E-state index contributed by atoms with van der Waals surface area (Å²) in [4.78, 5) is 15.7. The number of anilines is 3. The minimum absolute atomic E-state index is 0.328. The van der Waals surface area contributed by atoms with Crippen LogP contribution in [0.3, 0.4) is 0 Å². The Labute approximate surface area is 120 Å². The molecule has 2 heterocycles. The number of benzene rings is 1. The van der Waals surface area contributed by atoms with Gasteiger partial charge in [0, 0.05) is 6.54 Å². The first-order valence-corrected chi connectivity index (χ1v) is 6.66. The van der Waals surface area contributed by atoms with Gasteiger partial charge in [0.1, 0.15) is 11.3 Å². The van der Waals surface area contributed by atoms with Crippen molar-refractivity contribution >= 4 is 28.6 Å². The largest absolute Gasteiger partial charge is 0.354 e. The summed E-state index contributed by atoms with van der Waals surface area (Å²) >= 11 is 0. The fourth-order valence-electron chi connectivity index (χ4n) is 2.07. The van der Waals surface area contributed by atoms with Gasteiger partial charge in [0.25, 0.3) is 0 Å². The first-order valence-electron chi connectivity index (χ1n) is 6.66. The summed E-state index contributed by atoms with van der Waals surface area (Å²) < 4.78 is 14.0. The second kappa shape index (κ2) is 5.35. The van der Waals surface area contributed by atoms with E-state index in [2.05, 4.69) is 30.6 Å². The fourth-order valence-corrected chi connectivity index (χ4v) is 2.07. The molecule has 2 aromatic heterocycles. The Balaban J connectivity index is 2.09. The van der Waals surface area contributed by atoms with Crippen LogP contribution < -0.4 is 10.6 Å². The van der Waals surface area contributed by atoms with Gasteiger partial charge in [0.05, 0.1) is 12.0 Å². The number of aromatic amines is 1. The van der Waals surface area contributed by atoms with Gasteiger partial charge in [-0.15, -0.1) is 0 Å². The van der Waals surface area contributed by atoms with E-state index in [0.717, 1.165) is 5.56 Å². The third kappa shape index (κ3) is 2.49. The van der Waals surface area contributed by atoms with E-state index in [4.69, 9.17) is 0 Å². The lowest BCUT2D eigenvalue weighted by Crippen LogP contribution is -2.06. The lowest BCUT2D eigenvalue weighted by Gasteiger charge is -2.11. The summed E-state index contributed by atoms with van der Waals surface area (Å²) in [5.41, 5.74) is 2.36. The Bertz CT molecular complexity index is 762. The number of imidazole rings is 1. The second-order valence-electron chi connectivity index (χ2n) is 4.58. The molecule has 3 aromatic rings. The molecule has 0 bridgehead atoms. The molecule has 0 atom stereocenters. The number of aryl methyl sites for hydroxylation is 1. The standard InChI is InChI=1S/C14H15FN6/c1-3-16-14-20-12-11(17-7-18-12)13(21-14)19-10-8(2)5-4-6-9(10)15/h4-7H,3H2,1-2H3,(H3,16,17,18,19,20,21). The van der Waals surface area contributed by atoms with Crippen LogP contribution >= 0.6 is 0 Å². The molecular weight excluding hydrogens is 271 g/mol. The first kappa shape index (κ1) is 13.3. The molecule has 0 fully saturated rings. The normalized spacial score (nSPS) is 10.8. The van der Waals surface area contributed by atoms with Gasteiger partial charge < -0.3 is 15.6 Å². The highest BCUT2D eigenvalue weighted by molar-refractivity contribution is 5.86. The molecular formula is C14H15FN6. The molecule has 108 valence electrons. The molecule has 6 nitrogen and oxygen atoms in total. The van der Waals surface area contributed by atoms with Crippen molar-refractivity contribution in [3.05, 3.63) is 35.9 Å². The zero-order valence-corrected chi connectivity index (χ0v) is 11.7. The molecule has 0 spiro atoms. The summed E-state index contributed by atoms with van der Waals surface area (Å²) in [6.07, 6.45) is 1.54. The smallest absolute Gasteiger partial charge is 0.226 e. The topological polar surface area (TPSA) is 78.5 Å². The number of H-pyrrole nitrogens is 1. The molecule has 0 amide bonds. The third-order valence-corrected chi connectivity index (χ3v) is 3.09. The Morgan fingerprint density at radius 3 is 2.90 bits per heavy atom. The van der Waals surface area contributed by atoms with Gasteiger partial charge in [-0.25, -0.2) is 9.37 Å². The van der Waals surface area contributed by atoms with Crippen LogP contribution in [0.2, 0.25) is 0 Å². The van der Waals surface area contributed by atoms with Gasteiger partial charge >= 0.3 is 0 Å². The zero-order valence-electron chi connectivity index (χ0n) is 11.7. The monoisotopic (exact) mass is 286 g/mol. The van der Waals surface area contributed by atoms with Crippen LogP contribution in [-0.2, 0) is 0 Å². The molecule has 3 N–H and O–H groups in total. The van der Waals surface area contributed by atoms with Crippen LogP contribution in [-0.4, -0.2) is 26.5 Å². The van der Waals surface area contributed by atoms with Gasteiger partial charge in [-0.3, -0.25) is 0 Å². The predicted octanol–water partition coefficient (Wildman–Crippen LogP) is 2.98. The summed E-state index contributed by atoms with van der Waals surface area (Å²) in [6, 6.07) is 4.92. The minimum atomic E-state index is -0.328. The van der Waals surface area contributed by atoms with Gasteiger partial charge in [0.15, 0.2) is 11.5 Å². The lowest BCUT2D eigenvalue weighted by molar-refractivity contribution is 0.631. The van der Waals surface area contributed by atoms with E-state index in [1.54, 1.807) is 6.07 Å². The number of rotatable bonds is 4. The Hall–Kier alpha value is -2.70. The van der Waals surface area contributed by atoms with E-state index in [0.29, 0.717) is 35.2 Å². The number of aromatic nitrogens is 4. The zero-order chi connectivity index (χ0) is 14.8. The molecule has 7 heteroatoms. The van der Waals surface area contributed by atoms with Crippen molar-refractivity contribution in [3.8, 4) is 0 Å². The molecule has 21 heavy (non-hydrogen) atoms. The minimum Gasteiger partial charge on any atom is -0.354 e. The van der Waals surface area contributed by atoms with Crippen LogP contribution in [0.25, 0.3) is 11.2 Å². The van der Waals surface area contributed by atoms with Gasteiger partial charge in [0.2, 0.25) is 5.95 Å². The van der Waals surface area contributed by atoms with Crippen LogP contribution in [0.5, 0.6) is 0 Å². The maximum absolute atomic E-state index is 14.0. The van der Waals surface area contributed by atoms with E-state index in [-0.39, 0.29) is 5.82 Å². The van der Waals surface area contributed by atoms with Gasteiger partial charge in [-0.05, 0) is 25.5 Å². The van der Waals surface area contributed by atoms with Crippen molar-refractivity contribution in [2.24, 2.45) is 0 Å². The van der Waals surface area contributed by atoms with E-state index >= 15 is 0 Å². The quantitative estimate of drug-likeness (QED) is 0.687. The molecule has 0 saturated heterocycles. The highest BCUT2D eigenvalue weighted by atomic mass is 19.1. The van der Waals surface area contributed by atoms with Gasteiger partial charge in [-0.2, -0.15) is 9.97 Å². The van der Waals surface area contributed by atoms with E-state index < -0.39 is 0 Å². The molecule has 0 aliphatic carbocycles. The fraction of sp³-hybridized carbons (Fsp3) is 0.214. The van der Waals surface area contributed by atoms with Crippen molar-refractivity contribution < 1.29 is 4.39 Å². The first-order chi connectivity index (χ1) is 10.2. The van der Waals surface area contributed by atoms with Crippen LogP contribution in [0.1, 0.15) is 12.5 Å². The Morgan fingerprint density at radius 2 is 2.14 bits per heavy atom. The van der Waals surface area contributed by atoms with Crippen molar-refractivity contribution in [1.29, 1.82) is 0 Å². The summed E-state index contributed by atoms with van der Waals surface area (Å²) in [7, 11) is 0. The molecule has 0 radical (unpaired) electrons. The van der Waals surface area contributed by atoms with Crippen LogP contribution in [0.15, 0.2) is 24.5 Å². The van der Waals surface area contributed by atoms with Crippen molar-refractivity contribution in [3.63, 3.8) is 0 Å². The second-order valence-corrected chi connectivity index (χ2v) is 4.58. The molecule has 0 saturated carbocycles. The SMILES string of the molecule is CCNc1nc(Nc2c(C)cccc2F)c2[nH]cnc2n1. The number of hydrogen-bond acceptors (Lipinski definition) is 5. The molecule has 3 rings (SSSR count). The van der Waals surface area contributed by atoms with E-state index in [1.165, 1.54) is 12.4 Å². The number of nitrogens with zero attached hydrogens (tertiary/aromatic N) is 3. The highest BCUT2D eigenvalue weighted by Crippen LogP contribution is 2.26. The number of halogens is 1. The average molecular weight is 286 g/mol. The maximum Gasteiger partial charge on any atom is 0.226 e. The average Bonchev–Trinajstić information content (AvgIpc) is 2.92. The predicted molar refractivity (Wildman–Crippen MR) is 80.3 cm³/mol. The molecule has 0 aliphatic rings. The number of para-hydroxylation sites is 1. The van der Waals surface area contributed by atoms with Crippen molar-refractivity contribution in [1.82, 2.24) is 19.9 Å². The Morgan fingerprint density at radius 1 is 1.29 bits per heavy atom. The number of nitrogens with one attached hydrogen (secondary N) is 3. The molecule has 0 aliphatic heterocycles. The highest BCUT2D eigenvalue weighted by Gasteiger charge is 2.13. The lowest BCUT2D eigenvalue weighted by atomic mass is 10.2. The van der Waals surface area contributed by atoms with Gasteiger partial charge in [-0.1, -0.05) is 12.1 Å². The molecule has 0 unspecified atom stereocenters. The van der Waals surface area contributed by atoms with E-state index in [9.17, 15) is 4.39 Å². The maximum atomic E-state index is 14.0. The Kier molecular flexibility index (Phi) is 3.39. The van der Waals surface area contributed by atoms with Crippen LogP contribution in [0, 0.1) is 12.7 Å². The number of hydrogen-bond donors (Lipinski definition) is 3. The summed E-state index contributed by atoms with van der Waals surface area (Å²) in [5, 5.41) is 6.07. The summed E-state index contributed by atoms with van der Waals surface area (Å²) in [5.74, 6) is 0.613. The van der Waals surface area contributed by atoms with Crippen LogP contribution in [0.4, 0.5) is 21.8 Å². The van der Waals surface area contributed by atoms with E-state index in [1.807, 2.05) is 19.9 Å². The van der Waals surface area contributed by atoms with Crippen molar-refractivity contribution in [2.75, 3.05) is 17.2 Å². The third-order valence-electron chi connectivity index (χ3n) is 3.09. The molecule has 1 aromatic carbocycles.